The summed E-state index contributed by atoms with van der Waals surface area (Å²) < 4.78 is 4.90. The molecule has 11 heavy (non-hydrogen) atoms. The van der Waals surface area contributed by atoms with Gasteiger partial charge in [-0.2, -0.15) is 4.98 Å². The van der Waals surface area contributed by atoms with E-state index in [-0.39, 0.29) is 12.0 Å². The first-order valence-electron chi connectivity index (χ1n) is 3.69. The van der Waals surface area contributed by atoms with E-state index in [0.717, 1.165) is 19.4 Å². The smallest absolute Gasteiger partial charge is 0.260 e. The third kappa shape index (κ3) is 1.19. The highest BCUT2D eigenvalue weighted by Gasteiger charge is 2.21. The highest BCUT2D eigenvalue weighted by atomic mass is 16.5. The van der Waals surface area contributed by atoms with Crippen molar-refractivity contribution in [1.82, 2.24) is 15.5 Å². The number of anilines is 1. The summed E-state index contributed by atoms with van der Waals surface area (Å²) in [6.07, 6.45) is 2.22. The van der Waals surface area contributed by atoms with Gasteiger partial charge in [-0.3, -0.25) is 0 Å². The summed E-state index contributed by atoms with van der Waals surface area (Å²) >= 11 is 0. The summed E-state index contributed by atoms with van der Waals surface area (Å²) in [4.78, 5) is 3.93. The standard InChI is InChI=1S/C6H10N4O/c7-6-9-5(11-10-6)4-2-1-3-8-4/h4,8H,1-3H2,(H2,7,10)/t4-/m0/s1. The second-order valence-electron chi connectivity index (χ2n) is 2.64. The van der Waals surface area contributed by atoms with E-state index < -0.39 is 0 Å². The fourth-order valence-electron chi connectivity index (χ4n) is 1.28. The molecule has 0 amide bonds. The van der Waals surface area contributed by atoms with Gasteiger partial charge in [-0.15, -0.1) is 0 Å². The molecule has 0 radical (unpaired) electrons. The van der Waals surface area contributed by atoms with Crippen LogP contribution >= 0.6 is 0 Å². The lowest BCUT2D eigenvalue weighted by molar-refractivity contribution is 0.345. The fourth-order valence-corrected chi connectivity index (χ4v) is 1.28. The Morgan fingerprint density at radius 2 is 2.55 bits per heavy atom. The van der Waals surface area contributed by atoms with Gasteiger partial charge in [0.2, 0.25) is 5.89 Å². The molecule has 2 rings (SSSR count). The summed E-state index contributed by atoms with van der Waals surface area (Å²) in [5.74, 6) is 0.827. The second kappa shape index (κ2) is 2.50. The Morgan fingerprint density at radius 3 is 3.09 bits per heavy atom. The Labute approximate surface area is 64.0 Å². The van der Waals surface area contributed by atoms with Gasteiger partial charge < -0.3 is 15.6 Å². The van der Waals surface area contributed by atoms with Crippen LogP contribution in [0.5, 0.6) is 0 Å². The zero-order valence-corrected chi connectivity index (χ0v) is 6.08. The lowest BCUT2D eigenvalue weighted by Gasteiger charge is -2.00. The average molecular weight is 154 g/mol. The average Bonchev–Trinajstić information content (AvgIpc) is 2.55. The Balaban J connectivity index is 2.15. The van der Waals surface area contributed by atoms with Crippen molar-refractivity contribution in [1.29, 1.82) is 0 Å². The van der Waals surface area contributed by atoms with E-state index in [1.54, 1.807) is 0 Å². The zero-order valence-electron chi connectivity index (χ0n) is 6.08. The maximum atomic E-state index is 5.30. The van der Waals surface area contributed by atoms with E-state index in [4.69, 9.17) is 10.3 Å². The van der Waals surface area contributed by atoms with E-state index in [0.29, 0.717) is 5.89 Å². The van der Waals surface area contributed by atoms with Crippen molar-refractivity contribution in [2.45, 2.75) is 18.9 Å². The van der Waals surface area contributed by atoms with Crippen molar-refractivity contribution in [3.63, 3.8) is 0 Å². The van der Waals surface area contributed by atoms with E-state index in [9.17, 15) is 0 Å². The number of hydrogen-bond acceptors (Lipinski definition) is 5. The topological polar surface area (TPSA) is 77.0 Å². The van der Waals surface area contributed by atoms with Gasteiger partial charge in [-0.25, -0.2) is 0 Å². The molecular formula is C6H10N4O. The largest absolute Gasteiger partial charge is 0.365 e. The molecule has 0 aliphatic carbocycles. The first-order valence-corrected chi connectivity index (χ1v) is 3.69. The van der Waals surface area contributed by atoms with Gasteiger partial charge >= 0.3 is 0 Å². The first-order chi connectivity index (χ1) is 5.36. The highest BCUT2D eigenvalue weighted by molar-refractivity contribution is 5.12. The van der Waals surface area contributed by atoms with Gasteiger partial charge in [-0.05, 0) is 24.5 Å². The molecule has 0 aromatic carbocycles. The number of nitrogen functional groups attached to an aromatic ring is 1. The third-order valence-corrected chi connectivity index (χ3v) is 1.82. The summed E-state index contributed by atoms with van der Waals surface area (Å²) in [5, 5.41) is 6.75. The molecule has 1 atom stereocenters. The number of hydrogen-bond donors (Lipinski definition) is 2. The molecule has 0 bridgehead atoms. The van der Waals surface area contributed by atoms with Gasteiger partial charge in [0.15, 0.2) is 0 Å². The minimum absolute atomic E-state index is 0.216. The molecule has 0 spiro atoms. The lowest BCUT2D eigenvalue weighted by atomic mass is 10.2. The van der Waals surface area contributed by atoms with Crippen LogP contribution in [0.2, 0.25) is 0 Å². The van der Waals surface area contributed by atoms with Gasteiger partial charge in [0.05, 0.1) is 6.04 Å². The Bertz CT molecular complexity index is 240. The van der Waals surface area contributed by atoms with Crippen LogP contribution < -0.4 is 11.1 Å². The zero-order chi connectivity index (χ0) is 7.68. The highest BCUT2D eigenvalue weighted by Crippen LogP contribution is 2.21. The van der Waals surface area contributed by atoms with Gasteiger partial charge in [0, 0.05) is 0 Å². The van der Waals surface area contributed by atoms with E-state index in [2.05, 4.69) is 15.5 Å². The summed E-state index contributed by atoms with van der Waals surface area (Å²) in [6, 6.07) is 0.222. The second-order valence-corrected chi connectivity index (χ2v) is 2.64. The van der Waals surface area contributed by atoms with Crippen molar-refractivity contribution in [3.8, 4) is 0 Å². The van der Waals surface area contributed by atoms with Crippen molar-refractivity contribution in [3.05, 3.63) is 5.89 Å². The third-order valence-electron chi connectivity index (χ3n) is 1.82. The molecule has 1 aromatic heterocycles. The number of rotatable bonds is 1. The maximum Gasteiger partial charge on any atom is 0.260 e. The predicted octanol–water partition coefficient (Wildman–Crippen LogP) is 0.0763. The Hall–Kier alpha value is -1.10. The SMILES string of the molecule is Nc1noc([C@@H]2CCCN2)n1. The van der Waals surface area contributed by atoms with Crippen LogP contribution in [0.3, 0.4) is 0 Å². The number of nitrogens with zero attached hydrogens (tertiary/aromatic N) is 2. The van der Waals surface area contributed by atoms with E-state index in [1.807, 2.05) is 0 Å². The fraction of sp³-hybridized carbons (Fsp3) is 0.667. The van der Waals surface area contributed by atoms with Crippen molar-refractivity contribution in [2.24, 2.45) is 0 Å². The molecule has 5 nitrogen and oxygen atoms in total. The molecule has 1 aromatic rings. The van der Waals surface area contributed by atoms with Crippen molar-refractivity contribution in [2.75, 3.05) is 12.3 Å². The monoisotopic (exact) mass is 154 g/mol. The van der Waals surface area contributed by atoms with Gasteiger partial charge in [0.25, 0.3) is 5.95 Å². The molecule has 2 heterocycles. The van der Waals surface area contributed by atoms with Crippen LogP contribution in [-0.4, -0.2) is 16.7 Å². The number of aromatic nitrogens is 2. The van der Waals surface area contributed by atoms with E-state index in [1.165, 1.54) is 0 Å². The van der Waals surface area contributed by atoms with Crippen LogP contribution in [0.4, 0.5) is 5.95 Å². The predicted molar refractivity (Wildman–Crippen MR) is 38.7 cm³/mol. The molecule has 1 fully saturated rings. The minimum Gasteiger partial charge on any atom is -0.365 e. The van der Waals surface area contributed by atoms with Crippen LogP contribution in [0, 0.1) is 0 Å². The molecule has 60 valence electrons. The molecule has 1 aliphatic rings. The Morgan fingerprint density at radius 1 is 1.64 bits per heavy atom. The summed E-state index contributed by atoms with van der Waals surface area (Å²) in [5.41, 5.74) is 5.30. The molecule has 0 saturated carbocycles. The molecular weight excluding hydrogens is 144 g/mol. The van der Waals surface area contributed by atoms with Crippen molar-refractivity contribution >= 4 is 5.95 Å². The first kappa shape index (κ1) is 6.60. The molecule has 5 heteroatoms. The maximum absolute atomic E-state index is 5.30. The minimum atomic E-state index is 0.216. The molecule has 3 N–H and O–H groups in total. The summed E-state index contributed by atoms with van der Waals surface area (Å²) in [6.45, 7) is 1.02. The molecule has 0 unspecified atom stereocenters. The van der Waals surface area contributed by atoms with Crippen molar-refractivity contribution < 1.29 is 4.52 Å². The van der Waals surface area contributed by atoms with Gasteiger partial charge in [0.1, 0.15) is 0 Å². The number of nitrogens with two attached hydrogens (primary N) is 1. The normalized spacial score (nSPS) is 24.2. The number of nitrogens with one attached hydrogen (secondary N) is 1. The van der Waals surface area contributed by atoms with Crippen LogP contribution in [0.25, 0.3) is 0 Å². The summed E-state index contributed by atoms with van der Waals surface area (Å²) in [7, 11) is 0. The van der Waals surface area contributed by atoms with Crippen LogP contribution in [0.1, 0.15) is 24.8 Å². The Kier molecular flexibility index (Phi) is 1.50. The molecule has 1 aliphatic heterocycles. The quantitative estimate of drug-likeness (QED) is 0.598. The lowest BCUT2D eigenvalue weighted by Crippen LogP contribution is -2.13. The van der Waals surface area contributed by atoms with Gasteiger partial charge in [-0.1, -0.05) is 0 Å². The van der Waals surface area contributed by atoms with E-state index >= 15 is 0 Å². The van der Waals surface area contributed by atoms with Crippen LogP contribution in [-0.2, 0) is 0 Å². The molecule has 1 saturated heterocycles. The van der Waals surface area contributed by atoms with Crippen LogP contribution in [0.15, 0.2) is 4.52 Å².